The fraction of sp³-hybridized carbons (Fsp3) is 0.750. The summed E-state index contributed by atoms with van der Waals surface area (Å²) in [6.07, 6.45) is 4.28. The first-order valence-corrected chi connectivity index (χ1v) is 7.18. The van der Waals surface area contributed by atoms with E-state index in [-0.39, 0.29) is 5.38 Å². The average Bonchev–Trinajstić information content (AvgIpc) is 2.53. The Hall–Kier alpha value is -0.0200. The van der Waals surface area contributed by atoms with E-state index in [2.05, 4.69) is 39.6 Å². The van der Waals surface area contributed by atoms with Crippen molar-refractivity contribution in [1.82, 2.24) is 9.78 Å². The van der Waals surface area contributed by atoms with Crippen LogP contribution in [-0.2, 0) is 13.0 Å². The normalized spacial score (nSPS) is 13.1. The number of hydrogen-bond donors (Lipinski definition) is 0. The van der Waals surface area contributed by atoms with Gasteiger partial charge in [0.2, 0.25) is 0 Å². The molecule has 92 valence electrons. The van der Waals surface area contributed by atoms with Crippen LogP contribution in [0.4, 0.5) is 0 Å². The maximum Gasteiger partial charge on any atom is 0.0738 e. The highest BCUT2D eigenvalue weighted by Crippen LogP contribution is 2.24. The lowest BCUT2D eigenvalue weighted by Gasteiger charge is -2.09. The molecule has 0 fully saturated rings. The van der Waals surface area contributed by atoms with E-state index in [4.69, 9.17) is 11.6 Å². The number of halogens is 2. The number of aryl methyl sites for hydroxylation is 2. The molecule has 0 spiro atoms. The largest absolute Gasteiger partial charge is 0.268 e. The molecule has 1 atom stereocenters. The van der Waals surface area contributed by atoms with Gasteiger partial charge in [-0.3, -0.25) is 4.68 Å². The first-order valence-electron chi connectivity index (χ1n) is 5.95. The van der Waals surface area contributed by atoms with Gasteiger partial charge in [0.05, 0.1) is 15.9 Å². The van der Waals surface area contributed by atoms with Crippen LogP contribution in [0.15, 0.2) is 4.47 Å². The molecule has 0 bridgehead atoms. The topological polar surface area (TPSA) is 17.8 Å². The summed E-state index contributed by atoms with van der Waals surface area (Å²) in [6, 6.07) is 0. The van der Waals surface area contributed by atoms with Crippen LogP contribution in [0.5, 0.6) is 0 Å². The predicted octanol–water partition coefficient (Wildman–Crippen LogP) is 4.31. The Morgan fingerprint density at radius 2 is 2.06 bits per heavy atom. The Morgan fingerprint density at radius 1 is 1.38 bits per heavy atom. The molecule has 0 saturated heterocycles. The molecule has 0 aliphatic heterocycles. The van der Waals surface area contributed by atoms with Crippen molar-refractivity contribution < 1.29 is 0 Å². The molecule has 1 aromatic heterocycles. The molecule has 0 aromatic carbocycles. The van der Waals surface area contributed by atoms with Crippen molar-refractivity contribution in [3.05, 3.63) is 15.9 Å². The molecule has 0 saturated carbocycles. The molecule has 1 heterocycles. The first-order chi connectivity index (χ1) is 7.60. The van der Waals surface area contributed by atoms with Gasteiger partial charge in [0, 0.05) is 11.9 Å². The molecule has 1 unspecified atom stereocenters. The number of nitrogens with zero attached hydrogens (tertiary/aromatic N) is 2. The Morgan fingerprint density at radius 3 is 2.62 bits per heavy atom. The molecule has 0 amide bonds. The van der Waals surface area contributed by atoms with E-state index in [0.29, 0.717) is 0 Å². The second kappa shape index (κ2) is 6.65. The molecule has 0 aliphatic rings. The van der Waals surface area contributed by atoms with Gasteiger partial charge in [-0.05, 0) is 49.0 Å². The summed E-state index contributed by atoms with van der Waals surface area (Å²) in [5, 5.41) is 4.77. The van der Waals surface area contributed by atoms with Crippen LogP contribution >= 0.6 is 27.5 Å². The highest BCUT2D eigenvalue weighted by atomic mass is 79.9. The summed E-state index contributed by atoms with van der Waals surface area (Å²) >= 11 is 9.85. The average molecular weight is 308 g/mol. The second-order valence-electron chi connectivity index (χ2n) is 4.09. The first kappa shape index (κ1) is 14.0. The van der Waals surface area contributed by atoms with Gasteiger partial charge < -0.3 is 0 Å². The standard InChI is InChI=1S/C12H20BrClN2/c1-4-6-10(14)7-8-11-12(13)9(3)15-16(11)5-2/h10H,4-8H2,1-3H3. The van der Waals surface area contributed by atoms with Gasteiger partial charge in [0.25, 0.3) is 0 Å². The van der Waals surface area contributed by atoms with Crippen LogP contribution < -0.4 is 0 Å². The van der Waals surface area contributed by atoms with Crippen molar-refractivity contribution in [3.63, 3.8) is 0 Å². The molecule has 1 aromatic rings. The second-order valence-corrected chi connectivity index (χ2v) is 5.50. The lowest BCUT2D eigenvalue weighted by Crippen LogP contribution is -2.06. The quantitative estimate of drug-likeness (QED) is 0.716. The predicted molar refractivity (Wildman–Crippen MR) is 73.2 cm³/mol. The Bertz CT molecular complexity index is 336. The van der Waals surface area contributed by atoms with E-state index in [1.165, 1.54) is 5.69 Å². The monoisotopic (exact) mass is 306 g/mol. The molecule has 0 N–H and O–H groups in total. The molecule has 1 rings (SSSR count). The third kappa shape index (κ3) is 3.49. The van der Waals surface area contributed by atoms with E-state index in [1.54, 1.807) is 0 Å². The molecule has 4 heteroatoms. The van der Waals surface area contributed by atoms with Crippen molar-refractivity contribution >= 4 is 27.5 Å². The van der Waals surface area contributed by atoms with Crippen LogP contribution in [0.1, 0.15) is 44.5 Å². The van der Waals surface area contributed by atoms with Crippen molar-refractivity contribution in [2.75, 3.05) is 0 Å². The summed E-state index contributed by atoms with van der Waals surface area (Å²) in [7, 11) is 0. The van der Waals surface area contributed by atoms with Gasteiger partial charge in [0.1, 0.15) is 0 Å². The van der Waals surface area contributed by atoms with Crippen LogP contribution in [0, 0.1) is 6.92 Å². The van der Waals surface area contributed by atoms with E-state index in [1.807, 2.05) is 6.92 Å². The van der Waals surface area contributed by atoms with Crippen LogP contribution in [-0.4, -0.2) is 15.2 Å². The van der Waals surface area contributed by atoms with Gasteiger partial charge in [-0.2, -0.15) is 5.10 Å². The number of rotatable bonds is 6. The highest BCUT2D eigenvalue weighted by Gasteiger charge is 2.13. The summed E-state index contributed by atoms with van der Waals surface area (Å²) < 4.78 is 3.21. The van der Waals surface area contributed by atoms with Crippen molar-refractivity contribution in [3.8, 4) is 0 Å². The minimum absolute atomic E-state index is 0.289. The Balaban J connectivity index is 2.65. The van der Waals surface area contributed by atoms with E-state index >= 15 is 0 Å². The Labute approximate surface area is 111 Å². The van der Waals surface area contributed by atoms with E-state index in [9.17, 15) is 0 Å². The lowest BCUT2D eigenvalue weighted by molar-refractivity contribution is 0.590. The van der Waals surface area contributed by atoms with Gasteiger partial charge in [-0.1, -0.05) is 13.3 Å². The van der Waals surface area contributed by atoms with Gasteiger partial charge in [0.15, 0.2) is 0 Å². The summed E-state index contributed by atoms with van der Waals surface area (Å²) in [5.41, 5.74) is 2.35. The number of hydrogen-bond acceptors (Lipinski definition) is 1. The van der Waals surface area contributed by atoms with Crippen molar-refractivity contribution in [1.29, 1.82) is 0 Å². The SMILES string of the molecule is CCCC(Cl)CCc1c(Br)c(C)nn1CC. The third-order valence-corrected chi connectivity index (χ3v) is 4.22. The molecular formula is C12H20BrClN2. The smallest absolute Gasteiger partial charge is 0.0738 e. The lowest BCUT2D eigenvalue weighted by atomic mass is 10.1. The fourth-order valence-electron chi connectivity index (χ4n) is 1.86. The molecule has 16 heavy (non-hydrogen) atoms. The van der Waals surface area contributed by atoms with Gasteiger partial charge in [-0.25, -0.2) is 0 Å². The molecule has 0 radical (unpaired) electrons. The van der Waals surface area contributed by atoms with Gasteiger partial charge >= 0.3 is 0 Å². The van der Waals surface area contributed by atoms with Gasteiger partial charge in [-0.15, -0.1) is 11.6 Å². The zero-order valence-electron chi connectivity index (χ0n) is 10.3. The fourth-order valence-corrected chi connectivity index (χ4v) is 2.67. The minimum Gasteiger partial charge on any atom is -0.268 e. The number of aromatic nitrogens is 2. The Kier molecular flexibility index (Phi) is 5.84. The molecule has 2 nitrogen and oxygen atoms in total. The van der Waals surface area contributed by atoms with Crippen LogP contribution in [0.3, 0.4) is 0 Å². The van der Waals surface area contributed by atoms with Crippen LogP contribution in [0.2, 0.25) is 0 Å². The maximum atomic E-state index is 6.24. The number of alkyl halides is 1. The van der Waals surface area contributed by atoms with Crippen molar-refractivity contribution in [2.24, 2.45) is 0 Å². The molecular weight excluding hydrogens is 288 g/mol. The zero-order valence-corrected chi connectivity index (χ0v) is 12.6. The third-order valence-electron chi connectivity index (χ3n) is 2.75. The molecule has 0 aliphatic carbocycles. The maximum absolute atomic E-state index is 6.24. The minimum atomic E-state index is 0.289. The summed E-state index contributed by atoms with van der Waals surface area (Å²) in [5.74, 6) is 0. The summed E-state index contributed by atoms with van der Waals surface area (Å²) in [4.78, 5) is 0. The summed E-state index contributed by atoms with van der Waals surface area (Å²) in [6.45, 7) is 7.24. The zero-order chi connectivity index (χ0) is 12.1. The van der Waals surface area contributed by atoms with Crippen LogP contribution in [0.25, 0.3) is 0 Å². The highest BCUT2D eigenvalue weighted by molar-refractivity contribution is 9.10. The van der Waals surface area contributed by atoms with E-state index in [0.717, 1.165) is 42.4 Å². The van der Waals surface area contributed by atoms with E-state index < -0.39 is 0 Å². The van der Waals surface area contributed by atoms with Crippen molar-refractivity contribution in [2.45, 2.75) is 58.4 Å².